The van der Waals surface area contributed by atoms with E-state index in [9.17, 15) is 9.59 Å². The van der Waals surface area contributed by atoms with Gasteiger partial charge in [-0.15, -0.1) is 0 Å². The van der Waals surface area contributed by atoms with E-state index in [1.165, 1.54) is 21.3 Å². The highest BCUT2D eigenvalue weighted by Crippen LogP contribution is 2.36. The number of carbonyl (C=O) groups excluding carboxylic acids is 2. The average Bonchev–Trinajstić information content (AvgIpc) is 2.81. The molecule has 0 aliphatic carbocycles. The number of thiocarbonyl (C=S) groups is 1. The molecule has 1 heterocycles. The largest absolute Gasteiger partial charge is 0.493 e. The van der Waals surface area contributed by atoms with E-state index in [0.29, 0.717) is 21.5 Å². The van der Waals surface area contributed by atoms with Crippen molar-refractivity contribution in [2.75, 3.05) is 27.9 Å². The molecule has 0 aromatic heterocycles. The van der Waals surface area contributed by atoms with Crippen LogP contribution in [0.1, 0.15) is 5.56 Å². The summed E-state index contributed by atoms with van der Waals surface area (Å²) in [6.07, 6.45) is 1.61. The first-order valence-corrected chi connectivity index (χ1v) is 7.94. The Morgan fingerprint density at radius 2 is 2.04 bits per heavy atom. The van der Waals surface area contributed by atoms with Crippen LogP contribution < -0.4 is 14.8 Å². The Kier molecular flexibility index (Phi) is 5.79. The number of nitrogens with zero attached hydrogens (tertiary/aromatic N) is 1. The molecule has 0 radical (unpaired) electrons. The van der Waals surface area contributed by atoms with Gasteiger partial charge in [-0.05, 0) is 51.9 Å². The fourth-order valence-electron chi connectivity index (χ4n) is 2.10. The Balaban J connectivity index is 2.32. The Hall–Kier alpha value is -2.13. The number of ether oxygens (including phenoxy) is 3. The van der Waals surface area contributed by atoms with Crippen molar-refractivity contribution in [2.24, 2.45) is 0 Å². The number of nitrogens with one attached hydrogen (secondary N) is 1. The topological polar surface area (TPSA) is 77.1 Å². The van der Waals surface area contributed by atoms with Crippen LogP contribution in [0.15, 0.2) is 22.3 Å². The summed E-state index contributed by atoms with van der Waals surface area (Å²) in [7, 11) is 4.30. The molecule has 24 heavy (non-hydrogen) atoms. The van der Waals surface area contributed by atoms with Gasteiger partial charge in [0.2, 0.25) is 0 Å². The second-order valence-corrected chi connectivity index (χ2v) is 5.93. The molecule has 1 amide bonds. The molecule has 0 spiro atoms. The smallest absolute Gasteiger partial charge is 0.325 e. The lowest BCUT2D eigenvalue weighted by atomic mass is 10.1. The SMILES string of the molecule is COC(=O)CN1C(=O)/C(=C/c2cc(Br)c(OC)c(OC)c2)NC1=S. The van der Waals surface area contributed by atoms with Crippen LogP contribution in [-0.2, 0) is 14.3 Å². The molecule has 1 aromatic carbocycles. The highest BCUT2D eigenvalue weighted by Gasteiger charge is 2.32. The third-order valence-electron chi connectivity index (χ3n) is 3.24. The van der Waals surface area contributed by atoms with Crippen LogP contribution in [-0.4, -0.2) is 49.8 Å². The maximum absolute atomic E-state index is 12.4. The maximum Gasteiger partial charge on any atom is 0.325 e. The fraction of sp³-hybridized carbons (Fsp3) is 0.267. The van der Waals surface area contributed by atoms with E-state index in [1.807, 2.05) is 0 Å². The van der Waals surface area contributed by atoms with Gasteiger partial charge in [-0.2, -0.15) is 0 Å². The summed E-state index contributed by atoms with van der Waals surface area (Å²) in [5.41, 5.74) is 0.945. The summed E-state index contributed by atoms with van der Waals surface area (Å²) in [5, 5.41) is 2.94. The van der Waals surface area contributed by atoms with Gasteiger partial charge in [0.05, 0.1) is 25.8 Å². The molecule has 2 rings (SSSR count). The molecule has 1 saturated heterocycles. The standard InChI is InChI=1S/C15H15BrN2O5S/c1-21-11-6-8(4-9(16)13(11)23-3)5-10-14(20)18(15(24)17-10)7-12(19)22-2/h4-6H,7H2,1-3H3,(H,17,24)/b10-5-. The molecule has 9 heteroatoms. The number of hydrogen-bond donors (Lipinski definition) is 1. The first kappa shape index (κ1) is 18.2. The van der Waals surface area contributed by atoms with Crippen LogP contribution in [0.25, 0.3) is 6.08 Å². The lowest BCUT2D eigenvalue weighted by Crippen LogP contribution is -2.35. The van der Waals surface area contributed by atoms with Crippen molar-refractivity contribution in [3.8, 4) is 11.5 Å². The van der Waals surface area contributed by atoms with Crippen LogP contribution in [0.4, 0.5) is 0 Å². The molecule has 1 aliphatic heterocycles. The number of halogens is 1. The van der Waals surface area contributed by atoms with Gasteiger partial charge >= 0.3 is 5.97 Å². The minimum Gasteiger partial charge on any atom is -0.493 e. The number of benzene rings is 1. The van der Waals surface area contributed by atoms with Crippen LogP contribution in [0, 0.1) is 0 Å². The van der Waals surface area contributed by atoms with Crippen molar-refractivity contribution < 1.29 is 23.8 Å². The quantitative estimate of drug-likeness (QED) is 0.446. The van der Waals surface area contributed by atoms with Gasteiger partial charge in [0.15, 0.2) is 16.6 Å². The molecule has 128 valence electrons. The Bertz CT molecular complexity index is 735. The minimum absolute atomic E-state index is 0.149. The molecular formula is C15H15BrN2O5S. The van der Waals surface area contributed by atoms with Gasteiger partial charge in [0.25, 0.3) is 5.91 Å². The molecule has 1 fully saturated rings. The van der Waals surface area contributed by atoms with E-state index in [2.05, 4.69) is 26.0 Å². The van der Waals surface area contributed by atoms with E-state index < -0.39 is 11.9 Å². The predicted octanol–water partition coefficient (Wildman–Crippen LogP) is 1.70. The van der Waals surface area contributed by atoms with Gasteiger partial charge in [0, 0.05) is 0 Å². The summed E-state index contributed by atoms with van der Waals surface area (Å²) in [6.45, 7) is -0.242. The molecule has 1 aliphatic rings. The highest BCUT2D eigenvalue weighted by atomic mass is 79.9. The summed E-state index contributed by atoms with van der Waals surface area (Å²) in [4.78, 5) is 24.9. The van der Waals surface area contributed by atoms with E-state index in [0.717, 1.165) is 4.90 Å². The normalized spacial score (nSPS) is 15.5. The third kappa shape index (κ3) is 3.68. The van der Waals surface area contributed by atoms with Crippen LogP contribution in [0.3, 0.4) is 0 Å². The van der Waals surface area contributed by atoms with Gasteiger partial charge in [0.1, 0.15) is 12.2 Å². The van der Waals surface area contributed by atoms with Crippen molar-refractivity contribution in [2.45, 2.75) is 0 Å². The molecule has 0 atom stereocenters. The fourth-order valence-corrected chi connectivity index (χ4v) is 2.98. The van der Waals surface area contributed by atoms with E-state index >= 15 is 0 Å². The maximum atomic E-state index is 12.4. The first-order chi connectivity index (χ1) is 11.4. The van der Waals surface area contributed by atoms with E-state index in [1.54, 1.807) is 18.2 Å². The Morgan fingerprint density at radius 1 is 1.33 bits per heavy atom. The van der Waals surface area contributed by atoms with E-state index in [4.69, 9.17) is 21.7 Å². The molecule has 7 nitrogen and oxygen atoms in total. The van der Waals surface area contributed by atoms with Crippen LogP contribution in [0.5, 0.6) is 11.5 Å². The van der Waals surface area contributed by atoms with Crippen molar-refractivity contribution in [3.05, 3.63) is 27.9 Å². The first-order valence-electron chi connectivity index (χ1n) is 6.74. The predicted molar refractivity (Wildman–Crippen MR) is 94.7 cm³/mol. The molecular weight excluding hydrogens is 400 g/mol. The van der Waals surface area contributed by atoms with Gasteiger partial charge in [-0.25, -0.2) is 0 Å². The van der Waals surface area contributed by atoms with Crippen molar-refractivity contribution in [3.63, 3.8) is 0 Å². The monoisotopic (exact) mass is 414 g/mol. The van der Waals surface area contributed by atoms with Crippen molar-refractivity contribution in [1.82, 2.24) is 10.2 Å². The van der Waals surface area contributed by atoms with Gasteiger partial charge in [-0.3, -0.25) is 14.5 Å². The molecule has 1 N–H and O–H groups in total. The number of amides is 1. The number of methoxy groups -OCH3 is 3. The average molecular weight is 415 g/mol. The van der Waals surface area contributed by atoms with Crippen LogP contribution in [0.2, 0.25) is 0 Å². The molecule has 0 bridgehead atoms. The lowest BCUT2D eigenvalue weighted by Gasteiger charge is -2.11. The van der Waals surface area contributed by atoms with Gasteiger partial charge in [-0.1, -0.05) is 0 Å². The zero-order chi connectivity index (χ0) is 17.9. The zero-order valence-corrected chi connectivity index (χ0v) is 15.6. The zero-order valence-electron chi connectivity index (χ0n) is 13.2. The van der Waals surface area contributed by atoms with Crippen molar-refractivity contribution in [1.29, 1.82) is 0 Å². The third-order valence-corrected chi connectivity index (χ3v) is 4.16. The second kappa shape index (κ2) is 7.63. The minimum atomic E-state index is -0.553. The number of rotatable bonds is 5. The van der Waals surface area contributed by atoms with E-state index in [-0.39, 0.29) is 17.4 Å². The summed E-state index contributed by atoms with van der Waals surface area (Å²) >= 11 is 8.47. The summed E-state index contributed by atoms with van der Waals surface area (Å²) in [5.74, 6) is 0.102. The van der Waals surface area contributed by atoms with Crippen molar-refractivity contribution >= 4 is 51.2 Å². The molecule has 1 aromatic rings. The molecule has 0 saturated carbocycles. The Morgan fingerprint density at radius 3 is 2.62 bits per heavy atom. The second-order valence-electron chi connectivity index (χ2n) is 4.69. The highest BCUT2D eigenvalue weighted by molar-refractivity contribution is 9.10. The number of carbonyl (C=O) groups is 2. The molecule has 0 unspecified atom stereocenters. The number of hydrogen-bond acceptors (Lipinski definition) is 6. The lowest BCUT2D eigenvalue weighted by molar-refractivity contribution is -0.143. The van der Waals surface area contributed by atoms with Gasteiger partial charge < -0.3 is 19.5 Å². The summed E-state index contributed by atoms with van der Waals surface area (Å²) in [6, 6.07) is 3.49. The summed E-state index contributed by atoms with van der Waals surface area (Å²) < 4.78 is 15.8. The Labute approximate surface area is 152 Å². The number of esters is 1. The van der Waals surface area contributed by atoms with Crippen LogP contribution >= 0.6 is 28.1 Å².